The van der Waals surface area contributed by atoms with E-state index < -0.39 is 0 Å². The van der Waals surface area contributed by atoms with Crippen molar-refractivity contribution in [1.29, 1.82) is 0 Å². The van der Waals surface area contributed by atoms with Crippen LogP contribution in [0.1, 0.15) is 0 Å². The van der Waals surface area contributed by atoms with Crippen molar-refractivity contribution in [2.45, 2.75) is 0 Å². The first-order valence-electron chi connectivity index (χ1n) is 9.24. The molecular formula is C20H20ClN7O. The first kappa shape index (κ1) is 18.9. The van der Waals surface area contributed by atoms with Crippen molar-refractivity contribution in [2.24, 2.45) is 0 Å². The third kappa shape index (κ3) is 4.91. The summed E-state index contributed by atoms with van der Waals surface area (Å²) in [7, 11) is 0. The van der Waals surface area contributed by atoms with Crippen LogP contribution in [0.25, 0.3) is 0 Å². The van der Waals surface area contributed by atoms with E-state index in [9.17, 15) is 4.79 Å². The minimum Gasteiger partial charge on any atom is -0.352 e. The number of amides is 2. The number of aromatic nitrogens is 3. The van der Waals surface area contributed by atoms with Gasteiger partial charge in [-0.05, 0) is 48.5 Å². The molecule has 1 fully saturated rings. The van der Waals surface area contributed by atoms with Crippen molar-refractivity contribution < 1.29 is 4.79 Å². The highest BCUT2D eigenvalue weighted by molar-refractivity contribution is 6.30. The molecule has 0 unspecified atom stereocenters. The molecule has 1 saturated heterocycles. The topological polar surface area (TPSA) is 86.3 Å². The third-order valence-corrected chi connectivity index (χ3v) is 4.84. The van der Waals surface area contributed by atoms with Gasteiger partial charge in [0.25, 0.3) is 0 Å². The van der Waals surface area contributed by atoms with Crippen molar-refractivity contribution in [1.82, 2.24) is 20.1 Å². The monoisotopic (exact) mass is 409 g/mol. The molecule has 1 aromatic carbocycles. The highest BCUT2D eigenvalue weighted by atomic mass is 35.5. The summed E-state index contributed by atoms with van der Waals surface area (Å²) in [6.45, 7) is 2.61. The number of piperazine rings is 1. The van der Waals surface area contributed by atoms with E-state index in [2.05, 4.69) is 30.7 Å². The molecule has 9 heteroatoms. The van der Waals surface area contributed by atoms with Crippen molar-refractivity contribution in [3.05, 3.63) is 65.9 Å². The number of nitrogens with zero attached hydrogens (tertiary/aromatic N) is 5. The number of benzene rings is 1. The molecule has 0 radical (unpaired) electrons. The number of carbonyl (C=O) groups excluding carboxylic acids is 1. The molecule has 2 N–H and O–H groups in total. The number of rotatable bonds is 4. The molecule has 1 aliphatic rings. The number of pyridine rings is 1. The van der Waals surface area contributed by atoms with E-state index in [0.29, 0.717) is 37.0 Å². The summed E-state index contributed by atoms with van der Waals surface area (Å²) in [5, 5.41) is 15.3. The molecule has 148 valence electrons. The molecule has 3 aromatic rings. The molecule has 4 rings (SSSR count). The van der Waals surface area contributed by atoms with Gasteiger partial charge in [-0.3, -0.25) is 4.98 Å². The van der Waals surface area contributed by atoms with E-state index in [-0.39, 0.29) is 6.03 Å². The summed E-state index contributed by atoms with van der Waals surface area (Å²) in [5.41, 5.74) is 1.63. The van der Waals surface area contributed by atoms with Crippen LogP contribution in [0.4, 0.5) is 27.8 Å². The van der Waals surface area contributed by atoms with Gasteiger partial charge in [0.15, 0.2) is 11.6 Å². The van der Waals surface area contributed by atoms with Gasteiger partial charge in [0.2, 0.25) is 0 Å². The molecule has 29 heavy (non-hydrogen) atoms. The molecule has 2 aromatic heterocycles. The number of urea groups is 1. The predicted octanol–water partition coefficient (Wildman–Crippen LogP) is 3.62. The van der Waals surface area contributed by atoms with Crippen LogP contribution >= 0.6 is 11.6 Å². The van der Waals surface area contributed by atoms with Crippen LogP contribution in [0.3, 0.4) is 0 Å². The van der Waals surface area contributed by atoms with Crippen LogP contribution in [-0.2, 0) is 0 Å². The van der Waals surface area contributed by atoms with Gasteiger partial charge in [-0.25, -0.2) is 4.79 Å². The lowest BCUT2D eigenvalue weighted by Crippen LogP contribution is -2.50. The number of hydrogen-bond donors (Lipinski definition) is 2. The first-order valence-corrected chi connectivity index (χ1v) is 9.62. The molecule has 8 nitrogen and oxygen atoms in total. The molecule has 0 aliphatic carbocycles. The fourth-order valence-electron chi connectivity index (χ4n) is 3.02. The number of carbonyl (C=O) groups is 1. The Morgan fingerprint density at radius 3 is 2.24 bits per heavy atom. The summed E-state index contributed by atoms with van der Waals surface area (Å²) in [6.07, 6.45) is 3.43. The third-order valence-electron chi connectivity index (χ3n) is 4.59. The van der Waals surface area contributed by atoms with Gasteiger partial charge in [-0.1, -0.05) is 11.6 Å². The summed E-state index contributed by atoms with van der Waals surface area (Å²) in [5.74, 6) is 1.46. The maximum Gasteiger partial charge on any atom is 0.321 e. The lowest BCUT2D eigenvalue weighted by atomic mass is 10.3. The second-order valence-electron chi connectivity index (χ2n) is 6.55. The van der Waals surface area contributed by atoms with Gasteiger partial charge in [-0.15, -0.1) is 10.2 Å². The molecule has 0 atom stereocenters. The maximum atomic E-state index is 12.4. The van der Waals surface area contributed by atoms with Gasteiger partial charge in [-0.2, -0.15) is 0 Å². The van der Waals surface area contributed by atoms with Crippen LogP contribution < -0.4 is 15.5 Å². The zero-order valence-corrected chi connectivity index (χ0v) is 16.4. The summed E-state index contributed by atoms with van der Waals surface area (Å²) in [4.78, 5) is 20.3. The minimum atomic E-state index is -0.116. The van der Waals surface area contributed by atoms with E-state index in [1.807, 2.05) is 24.3 Å². The number of anilines is 4. The van der Waals surface area contributed by atoms with Crippen molar-refractivity contribution in [3.8, 4) is 0 Å². The smallest absolute Gasteiger partial charge is 0.321 e. The molecule has 0 spiro atoms. The fraction of sp³-hybridized carbons (Fsp3) is 0.200. The quantitative estimate of drug-likeness (QED) is 0.684. The van der Waals surface area contributed by atoms with Gasteiger partial charge in [0.1, 0.15) is 0 Å². The Morgan fingerprint density at radius 2 is 1.59 bits per heavy atom. The Hall–Kier alpha value is -3.39. The average molecular weight is 410 g/mol. The highest BCUT2D eigenvalue weighted by Crippen LogP contribution is 2.18. The van der Waals surface area contributed by atoms with Crippen LogP contribution in [0, 0.1) is 0 Å². The Kier molecular flexibility index (Phi) is 5.71. The second-order valence-corrected chi connectivity index (χ2v) is 6.99. The predicted molar refractivity (Wildman–Crippen MR) is 114 cm³/mol. The summed E-state index contributed by atoms with van der Waals surface area (Å²) in [6, 6.07) is 14.5. The maximum absolute atomic E-state index is 12.4. The summed E-state index contributed by atoms with van der Waals surface area (Å²) >= 11 is 5.88. The van der Waals surface area contributed by atoms with Crippen LogP contribution in [0.5, 0.6) is 0 Å². The number of hydrogen-bond acceptors (Lipinski definition) is 6. The lowest BCUT2D eigenvalue weighted by molar-refractivity contribution is 0.208. The number of nitrogens with one attached hydrogen (secondary N) is 2. The minimum absolute atomic E-state index is 0.116. The Balaban J connectivity index is 1.30. The molecule has 0 bridgehead atoms. The number of halogens is 1. The van der Waals surface area contributed by atoms with E-state index in [4.69, 9.17) is 11.6 Å². The van der Waals surface area contributed by atoms with Crippen LogP contribution in [-0.4, -0.2) is 52.3 Å². The average Bonchev–Trinajstić information content (AvgIpc) is 2.77. The summed E-state index contributed by atoms with van der Waals surface area (Å²) < 4.78 is 0. The van der Waals surface area contributed by atoms with Crippen molar-refractivity contribution in [2.75, 3.05) is 41.7 Å². The second kappa shape index (κ2) is 8.74. The Labute approximate surface area is 173 Å². The van der Waals surface area contributed by atoms with Crippen LogP contribution in [0.15, 0.2) is 60.9 Å². The van der Waals surface area contributed by atoms with Gasteiger partial charge < -0.3 is 20.4 Å². The van der Waals surface area contributed by atoms with E-state index in [0.717, 1.165) is 17.2 Å². The Morgan fingerprint density at radius 1 is 0.862 bits per heavy atom. The first-order chi connectivity index (χ1) is 14.2. The molecule has 3 heterocycles. The molecule has 1 aliphatic heterocycles. The van der Waals surface area contributed by atoms with Gasteiger partial charge >= 0.3 is 6.03 Å². The zero-order valence-electron chi connectivity index (χ0n) is 15.6. The molecular weight excluding hydrogens is 390 g/mol. The van der Waals surface area contributed by atoms with Crippen LogP contribution in [0.2, 0.25) is 5.02 Å². The SMILES string of the molecule is O=C(Nc1ccc(Cl)cc1)N1CCN(c2ccc(Nc3ccncc3)nn2)CC1. The highest BCUT2D eigenvalue weighted by Gasteiger charge is 2.22. The van der Waals surface area contributed by atoms with E-state index >= 15 is 0 Å². The van der Waals surface area contributed by atoms with Gasteiger partial charge in [0, 0.05) is 55.0 Å². The molecule has 0 saturated carbocycles. The van der Waals surface area contributed by atoms with E-state index in [1.54, 1.807) is 41.6 Å². The normalized spacial score (nSPS) is 13.8. The standard InChI is InChI=1S/C20H20ClN7O/c21-15-1-3-16(4-2-15)24-20(29)28-13-11-27(12-14-28)19-6-5-18(25-26-19)23-17-7-9-22-10-8-17/h1-10H,11-14H2,(H,24,29)(H,22,23,25). The largest absolute Gasteiger partial charge is 0.352 e. The lowest BCUT2D eigenvalue weighted by Gasteiger charge is -2.35. The van der Waals surface area contributed by atoms with Gasteiger partial charge in [0.05, 0.1) is 0 Å². The fourth-order valence-corrected chi connectivity index (χ4v) is 3.14. The van der Waals surface area contributed by atoms with Crippen molar-refractivity contribution >= 4 is 40.6 Å². The molecule has 2 amide bonds. The zero-order chi connectivity index (χ0) is 20.1. The van der Waals surface area contributed by atoms with E-state index in [1.165, 1.54) is 0 Å². The Bertz CT molecular complexity index is 943. The van der Waals surface area contributed by atoms with Crippen molar-refractivity contribution in [3.63, 3.8) is 0 Å².